The minimum Gasteiger partial charge on any atom is -0.457 e. The van der Waals surface area contributed by atoms with Crippen LogP contribution in [0, 0.1) is 11.8 Å². The highest BCUT2D eigenvalue weighted by molar-refractivity contribution is 6.22. The maximum atomic E-state index is 12.7. The Kier molecular flexibility index (Phi) is 4.74. The molecule has 28 heavy (non-hydrogen) atoms. The van der Waals surface area contributed by atoms with Crippen LogP contribution < -0.4 is 9.64 Å². The number of carbonyl (C=O) groups is 2. The summed E-state index contributed by atoms with van der Waals surface area (Å²) in [4.78, 5) is 26.8. The molecule has 146 valence electrons. The Bertz CT molecular complexity index is 854. The van der Waals surface area contributed by atoms with Crippen LogP contribution in [0.4, 0.5) is 5.69 Å². The quantitative estimate of drug-likeness (QED) is 0.668. The predicted molar refractivity (Wildman–Crippen MR) is 110 cm³/mol. The van der Waals surface area contributed by atoms with Crippen molar-refractivity contribution < 1.29 is 14.3 Å². The van der Waals surface area contributed by atoms with Gasteiger partial charge in [-0.15, -0.1) is 0 Å². The molecule has 1 aliphatic carbocycles. The van der Waals surface area contributed by atoms with Crippen LogP contribution in [0.3, 0.4) is 0 Å². The van der Waals surface area contributed by atoms with Crippen molar-refractivity contribution in [2.75, 3.05) is 4.90 Å². The summed E-state index contributed by atoms with van der Waals surface area (Å²) in [5, 5.41) is 0. The highest BCUT2D eigenvalue weighted by Crippen LogP contribution is 2.40. The molecular weight excluding hydrogens is 350 g/mol. The fourth-order valence-corrected chi connectivity index (χ4v) is 4.24. The molecule has 2 aromatic rings. The Labute approximate surface area is 166 Å². The van der Waals surface area contributed by atoms with E-state index in [1.54, 1.807) is 12.1 Å². The number of hydrogen-bond acceptors (Lipinski definition) is 3. The van der Waals surface area contributed by atoms with Crippen molar-refractivity contribution in [3.8, 4) is 11.5 Å². The SMILES string of the molecule is CC(C)(C)c1ccc(Oc2ccc(N3C(=O)[C@H]4CCCC[C@H]4C3=O)cc2)cc1. The average molecular weight is 377 g/mol. The topological polar surface area (TPSA) is 46.6 Å². The monoisotopic (exact) mass is 377 g/mol. The number of nitrogens with zero attached hydrogens (tertiary/aromatic N) is 1. The van der Waals surface area contributed by atoms with Crippen LogP contribution in [-0.2, 0) is 15.0 Å². The third-order valence-electron chi connectivity index (χ3n) is 5.89. The second-order valence-electron chi connectivity index (χ2n) is 8.88. The van der Waals surface area contributed by atoms with Gasteiger partial charge in [0.25, 0.3) is 0 Å². The molecule has 2 atom stereocenters. The molecule has 2 amide bonds. The predicted octanol–water partition coefficient (Wildman–Crippen LogP) is 5.46. The first-order valence-electron chi connectivity index (χ1n) is 10.1. The van der Waals surface area contributed by atoms with Gasteiger partial charge in [-0.05, 0) is 60.2 Å². The van der Waals surface area contributed by atoms with Gasteiger partial charge in [-0.3, -0.25) is 14.5 Å². The van der Waals surface area contributed by atoms with E-state index in [0.717, 1.165) is 31.4 Å². The van der Waals surface area contributed by atoms with Crippen molar-refractivity contribution in [1.82, 2.24) is 0 Å². The molecule has 4 rings (SSSR count). The molecule has 1 aliphatic heterocycles. The summed E-state index contributed by atoms with van der Waals surface area (Å²) >= 11 is 0. The molecular formula is C24H27NO3. The number of amides is 2. The van der Waals surface area contributed by atoms with E-state index in [4.69, 9.17) is 4.74 Å². The first-order valence-corrected chi connectivity index (χ1v) is 10.1. The lowest BCUT2D eigenvalue weighted by molar-refractivity contribution is -0.122. The van der Waals surface area contributed by atoms with Crippen molar-refractivity contribution >= 4 is 17.5 Å². The van der Waals surface area contributed by atoms with Crippen LogP contribution >= 0.6 is 0 Å². The Hall–Kier alpha value is -2.62. The fraction of sp³-hybridized carbons (Fsp3) is 0.417. The summed E-state index contributed by atoms with van der Waals surface area (Å²) in [6, 6.07) is 15.3. The Morgan fingerprint density at radius 1 is 0.786 bits per heavy atom. The van der Waals surface area contributed by atoms with Gasteiger partial charge < -0.3 is 4.74 Å². The lowest BCUT2D eigenvalue weighted by Crippen LogP contribution is -2.30. The molecule has 0 radical (unpaired) electrons. The molecule has 2 aliphatic rings. The minimum atomic E-state index is -0.126. The molecule has 0 unspecified atom stereocenters. The molecule has 0 bridgehead atoms. The highest BCUT2D eigenvalue weighted by atomic mass is 16.5. The standard InChI is InChI=1S/C24H27NO3/c1-24(2,3)16-8-12-18(13-9-16)28-19-14-10-17(11-15-19)25-22(26)20-6-4-5-7-21(20)23(25)27/h8-15,20-21H,4-7H2,1-3H3/t20-,21+. The van der Waals surface area contributed by atoms with E-state index in [2.05, 4.69) is 32.9 Å². The third-order valence-corrected chi connectivity index (χ3v) is 5.89. The maximum Gasteiger partial charge on any atom is 0.237 e. The van der Waals surface area contributed by atoms with Gasteiger partial charge in [-0.1, -0.05) is 45.7 Å². The van der Waals surface area contributed by atoms with E-state index in [-0.39, 0.29) is 29.1 Å². The van der Waals surface area contributed by atoms with Gasteiger partial charge in [0, 0.05) is 0 Å². The van der Waals surface area contributed by atoms with Crippen molar-refractivity contribution in [3.05, 3.63) is 54.1 Å². The molecule has 2 aromatic carbocycles. The zero-order chi connectivity index (χ0) is 19.9. The van der Waals surface area contributed by atoms with E-state index in [9.17, 15) is 9.59 Å². The number of carbonyl (C=O) groups excluding carboxylic acids is 2. The van der Waals surface area contributed by atoms with Crippen molar-refractivity contribution in [3.63, 3.8) is 0 Å². The zero-order valence-corrected chi connectivity index (χ0v) is 16.8. The summed E-state index contributed by atoms with van der Waals surface area (Å²) in [6.45, 7) is 6.54. The van der Waals surface area contributed by atoms with Gasteiger partial charge in [0.1, 0.15) is 11.5 Å². The molecule has 0 N–H and O–H groups in total. The molecule has 4 nitrogen and oxygen atoms in total. The lowest BCUT2D eigenvalue weighted by Gasteiger charge is -2.19. The fourth-order valence-electron chi connectivity index (χ4n) is 4.24. The van der Waals surface area contributed by atoms with Gasteiger partial charge in [-0.2, -0.15) is 0 Å². The molecule has 0 aromatic heterocycles. The number of benzene rings is 2. The normalized spacial score (nSPS) is 22.3. The van der Waals surface area contributed by atoms with E-state index in [1.165, 1.54) is 10.5 Å². The summed E-state index contributed by atoms with van der Waals surface area (Å²) in [5.74, 6) is 1.11. The zero-order valence-electron chi connectivity index (χ0n) is 16.8. The number of imide groups is 1. The molecule has 4 heteroatoms. The number of fused-ring (bicyclic) bond motifs is 1. The van der Waals surface area contributed by atoms with Crippen LogP contribution in [0.1, 0.15) is 52.0 Å². The average Bonchev–Trinajstić information content (AvgIpc) is 2.93. The van der Waals surface area contributed by atoms with Crippen molar-refractivity contribution in [2.24, 2.45) is 11.8 Å². The minimum absolute atomic E-state index is 0.0406. The number of rotatable bonds is 3. The lowest BCUT2D eigenvalue weighted by atomic mass is 9.81. The molecule has 0 spiro atoms. The molecule has 1 saturated carbocycles. The molecule has 2 fully saturated rings. The summed E-state index contributed by atoms with van der Waals surface area (Å²) in [7, 11) is 0. The van der Waals surface area contributed by atoms with Crippen molar-refractivity contribution in [2.45, 2.75) is 51.9 Å². The summed E-state index contributed by atoms with van der Waals surface area (Å²) in [6.07, 6.45) is 3.73. The first-order chi connectivity index (χ1) is 13.3. The van der Waals surface area contributed by atoms with Crippen molar-refractivity contribution in [1.29, 1.82) is 0 Å². The van der Waals surface area contributed by atoms with Gasteiger partial charge in [0.15, 0.2) is 0 Å². The maximum absolute atomic E-state index is 12.7. The van der Waals surface area contributed by atoms with E-state index >= 15 is 0 Å². The van der Waals surface area contributed by atoms with E-state index in [1.807, 2.05) is 24.3 Å². The van der Waals surface area contributed by atoms with Crippen LogP contribution in [0.2, 0.25) is 0 Å². The van der Waals surface area contributed by atoms with Crippen LogP contribution in [0.15, 0.2) is 48.5 Å². The second-order valence-corrected chi connectivity index (χ2v) is 8.88. The summed E-state index contributed by atoms with van der Waals surface area (Å²) < 4.78 is 5.92. The Morgan fingerprint density at radius 3 is 1.71 bits per heavy atom. The van der Waals surface area contributed by atoms with Gasteiger partial charge in [-0.25, -0.2) is 0 Å². The van der Waals surface area contributed by atoms with Gasteiger partial charge in [0.2, 0.25) is 11.8 Å². The van der Waals surface area contributed by atoms with Crippen LogP contribution in [0.25, 0.3) is 0 Å². The van der Waals surface area contributed by atoms with Crippen LogP contribution in [-0.4, -0.2) is 11.8 Å². The highest BCUT2D eigenvalue weighted by Gasteiger charge is 2.48. The number of anilines is 1. The third kappa shape index (κ3) is 3.44. The van der Waals surface area contributed by atoms with E-state index in [0.29, 0.717) is 11.4 Å². The smallest absolute Gasteiger partial charge is 0.237 e. The second kappa shape index (κ2) is 7.08. The van der Waals surface area contributed by atoms with Gasteiger partial charge in [0.05, 0.1) is 17.5 Å². The molecule has 1 heterocycles. The Morgan fingerprint density at radius 2 is 1.25 bits per heavy atom. The largest absolute Gasteiger partial charge is 0.457 e. The number of ether oxygens (including phenoxy) is 1. The molecule has 1 saturated heterocycles. The van der Waals surface area contributed by atoms with Gasteiger partial charge >= 0.3 is 0 Å². The van der Waals surface area contributed by atoms with E-state index < -0.39 is 0 Å². The summed E-state index contributed by atoms with van der Waals surface area (Å²) in [5.41, 5.74) is 1.99. The first kappa shape index (κ1) is 18.7. The van der Waals surface area contributed by atoms with Crippen LogP contribution in [0.5, 0.6) is 11.5 Å². The number of hydrogen-bond donors (Lipinski definition) is 0. The Balaban J connectivity index is 1.48.